The fourth-order valence-electron chi connectivity index (χ4n) is 6.42. The Balaban J connectivity index is 0.000000178. The molecule has 4 atom stereocenters. The van der Waals surface area contributed by atoms with Crippen molar-refractivity contribution in [2.75, 3.05) is 52.4 Å². The number of hydrogen-bond donors (Lipinski definition) is 1. The maximum atomic E-state index is 12.2. The molecule has 1 N–H and O–H groups in total. The fourth-order valence-corrected chi connectivity index (χ4v) is 6.67. The van der Waals surface area contributed by atoms with Gasteiger partial charge < -0.3 is 24.6 Å². The first-order valence-electron chi connectivity index (χ1n) is 16.4. The summed E-state index contributed by atoms with van der Waals surface area (Å²) in [6, 6.07) is 14.8. The summed E-state index contributed by atoms with van der Waals surface area (Å²) in [5, 5.41) is 4.78. The second-order valence-corrected chi connectivity index (χ2v) is 15.8. The standard InChI is InChI=1S/C18H25ClN2O2.C11H20N2O2.C7H5ClO/c1-18(2,3)23-17(22)21-11-14-9-20(10-15(14)12-21)8-13-4-6-16(19)7-5-13;1-11(2,3)15-10(14)13-6-8-4-12-5-9(8)7-13;8-7-3-1-6(5-9)2-4-7/h4-7,14-15H,8-12H2,1-3H3;8-9,12H,4-7H2,1-3H3;1-5H. The van der Waals surface area contributed by atoms with Gasteiger partial charge >= 0.3 is 12.2 Å². The molecular formula is C36H50Cl2N4O5. The number of ether oxygens (including phenoxy) is 2. The van der Waals surface area contributed by atoms with Gasteiger partial charge in [0.2, 0.25) is 0 Å². The van der Waals surface area contributed by atoms with Crippen molar-refractivity contribution in [2.24, 2.45) is 23.7 Å². The number of nitrogens with one attached hydrogen (secondary N) is 1. The lowest BCUT2D eigenvalue weighted by molar-refractivity contribution is 0.0267. The molecule has 0 aromatic heterocycles. The number of rotatable bonds is 3. The molecule has 11 heteroatoms. The lowest BCUT2D eigenvalue weighted by Crippen LogP contribution is -2.37. The van der Waals surface area contributed by atoms with E-state index in [0.29, 0.717) is 34.3 Å². The first-order valence-corrected chi connectivity index (χ1v) is 17.2. The van der Waals surface area contributed by atoms with E-state index in [1.165, 1.54) is 5.56 Å². The van der Waals surface area contributed by atoms with Gasteiger partial charge in [0.25, 0.3) is 0 Å². The van der Waals surface area contributed by atoms with Gasteiger partial charge in [0.1, 0.15) is 17.5 Å². The Morgan fingerprint density at radius 1 is 0.702 bits per heavy atom. The summed E-state index contributed by atoms with van der Waals surface area (Å²) in [6.07, 6.45) is 0.462. The molecule has 4 aliphatic heterocycles. The normalized spacial score (nSPS) is 23.6. The minimum atomic E-state index is -0.421. The van der Waals surface area contributed by atoms with Crippen molar-refractivity contribution in [3.63, 3.8) is 0 Å². The topological polar surface area (TPSA) is 91.4 Å². The van der Waals surface area contributed by atoms with Crippen LogP contribution >= 0.6 is 23.2 Å². The van der Waals surface area contributed by atoms with E-state index < -0.39 is 5.60 Å². The van der Waals surface area contributed by atoms with E-state index in [2.05, 4.69) is 22.3 Å². The summed E-state index contributed by atoms with van der Waals surface area (Å²) in [4.78, 5) is 40.2. The number of carbonyl (C=O) groups excluding carboxylic acids is 3. The molecule has 0 radical (unpaired) electrons. The number of halogens is 2. The smallest absolute Gasteiger partial charge is 0.410 e. The quantitative estimate of drug-likeness (QED) is 0.352. The Bertz CT molecular complexity index is 1320. The van der Waals surface area contributed by atoms with Gasteiger partial charge in [-0.1, -0.05) is 47.5 Å². The van der Waals surface area contributed by atoms with Crippen molar-refractivity contribution in [1.29, 1.82) is 0 Å². The van der Waals surface area contributed by atoms with Crippen LogP contribution in [0.1, 0.15) is 57.5 Å². The largest absolute Gasteiger partial charge is 0.444 e. The highest BCUT2D eigenvalue weighted by molar-refractivity contribution is 6.30. The minimum Gasteiger partial charge on any atom is -0.444 e. The Morgan fingerprint density at radius 2 is 1.11 bits per heavy atom. The van der Waals surface area contributed by atoms with Gasteiger partial charge in [-0.3, -0.25) is 9.69 Å². The molecule has 4 fully saturated rings. The van der Waals surface area contributed by atoms with Crippen LogP contribution in [0, 0.1) is 23.7 Å². The molecule has 47 heavy (non-hydrogen) atoms. The number of benzene rings is 2. The third-order valence-corrected chi connectivity index (χ3v) is 9.08. The van der Waals surface area contributed by atoms with Crippen molar-refractivity contribution in [1.82, 2.24) is 20.0 Å². The number of likely N-dealkylation sites (tertiary alicyclic amines) is 3. The van der Waals surface area contributed by atoms with Gasteiger partial charge in [-0.05, 0) is 95.0 Å². The molecule has 4 aliphatic rings. The van der Waals surface area contributed by atoms with Gasteiger partial charge in [-0.2, -0.15) is 0 Å². The Labute approximate surface area is 289 Å². The van der Waals surface area contributed by atoms with Gasteiger partial charge in [-0.25, -0.2) is 9.59 Å². The Kier molecular flexibility index (Phi) is 12.6. The zero-order chi connectivity index (χ0) is 34.4. The van der Waals surface area contributed by atoms with Crippen LogP contribution in [0.2, 0.25) is 10.0 Å². The third kappa shape index (κ3) is 11.7. The van der Waals surface area contributed by atoms with Crippen LogP contribution in [0.5, 0.6) is 0 Å². The highest BCUT2D eigenvalue weighted by Gasteiger charge is 2.42. The van der Waals surface area contributed by atoms with Crippen molar-refractivity contribution in [3.8, 4) is 0 Å². The molecule has 2 aromatic carbocycles. The van der Waals surface area contributed by atoms with E-state index in [9.17, 15) is 14.4 Å². The van der Waals surface area contributed by atoms with E-state index in [1.807, 2.05) is 63.5 Å². The first kappa shape index (κ1) is 37.0. The second-order valence-electron chi connectivity index (χ2n) is 15.0. The van der Waals surface area contributed by atoms with Gasteiger partial charge in [-0.15, -0.1) is 0 Å². The lowest BCUT2D eigenvalue weighted by Gasteiger charge is -2.26. The average molecular weight is 690 g/mol. The third-order valence-electron chi connectivity index (χ3n) is 8.58. The molecule has 4 heterocycles. The maximum absolute atomic E-state index is 12.2. The van der Waals surface area contributed by atoms with Crippen LogP contribution in [0.3, 0.4) is 0 Å². The van der Waals surface area contributed by atoms with Crippen LogP contribution in [-0.2, 0) is 16.0 Å². The Hall–Kier alpha value is -2.85. The molecule has 4 unspecified atom stereocenters. The van der Waals surface area contributed by atoms with Crippen molar-refractivity contribution in [3.05, 3.63) is 69.7 Å². The second kappa shape index (κ2) is 16.0. The van der Waals surface area contributed by atoms with Crippen LogP contribution < -0.4 is 5.32 Å². The lowest BCUT2D eigenvalue weighted by atomic mass is 10.0. The minimum absolute atomic E-state index is 0.156. The van der Waals surface area contributed by atoms with Crippen molar-refractivity contribution >= 4 is 41.7 Å². The maximum Gasteiger partial charge on any atom is 0.410 e. The average Bonchev–Trinajstić information content (AvgIpc) is 3.75. The molecule has 4 saturated heterocycles. The van der Waals surface area contributed by atoms with Crippen molar-refractivity contribution in [2.45, 2.75) is 59.3 Å². The number of carbonyl (C=O) groups is 3. The van der Waals surface area contributed by atoms with E-state index in [4.69, 9.17) is 32.7 Å². The van der Waals surface area contributed by atoms with Crippen LogP contribution in [0.4, 0.5) is 9.59 Å². The summed E-state index contributed by atoms with van der Waals surface area (Å²) in [6.45, 7) is 19.9. The highest BCUT2D eigenvalue weighted by Crippen LogP contribution is 2.33. The Morgan fingerprint density at radius 3 is 1.51 bits per heavy atom. The SMILES string of the molecule is CC(C)(C)OC(=O)N1CC2CN(Cc3ccc(Cl)cc3)CC2C1.CC(C)(C)OC(=O)N1CC2CNCC2C1.O=Cc1ccc(Cl)cc1. The number of aldehydes is 1. The highest BCUT2D eigenvalue weighted by atomic mass is 35.5. The van der Waals surface area contributed by atoms with Crippen molar-refractivity contribution < 1.29 is 23.9 Å². The molecule has 2 amide bonds. The number of hydrogen-bond acceptors (Lipinski definition) is 7. The van der Waals surface area contributed by atoms with Gasteiger partial charge in [0.05, 0.1) is 0 Å². The van der Waals surface area contributed by atoms with E-state index >= 15 is 0 Å². The monoisotopic (exact) mass is 688 g/mol. The predicted octanol–water partition coefficient (Wildman–Crippen LogP) is 6.86. The molecule has 0 saturated carbocycles. The molecule has 0 aliphatic carbocycles. The zero-order valence-corrected chi connectivity index (χ0v) is 30.0. The molecule has 0 bridgehead atoms. The number of nitrogens with zero attached hydrogens (tertiary/aromatic N) is 3. The molecule has 258 valence electrons. The van der Waals surface area contributed by atoms with E-state index in [0.717, 1.165) is 70.2 Å². The summed E-state index contributed by atoms with van der Waals surface area (Å²) in [7, 11) is 0. The van der Waals surface area contributed by atoms with Crippen LogP contribution in [0.25, 0.3) is 0 Å². The zero-order valence-electron chi connectivity index (χ0n) is 28.5. The molecule has 6 rings (SSSR count). The molecule has 0 spiro atoms. The molecule has 2 aromatic rings. The summed E-state index contributed by atoms with van der Waals surface area (Å²) in [5.74, 6) is 2.40. The fraction of sp³-hybridized carbons (Fsp3) is 0.583. The number of fused-ring (bicyclic) bond motifs is 2. The van der Waals surface area contributed by atoms with E-state index in [1.54, 1.807) is 24.3 Å². The van der Waals surface area contributed by atoms with E-state index in [-0.39, 0.29) is 17.8 Å². The van der Waals surface area contributed by atoms with Crippen LogP contribution in [-0.4, -0.2) is 96.7 Å². The van der Waals surface area contributed by atoms with Gasteiger partial charge in [0, 0.05) is 74.5 Å². The molecular weight excluding hydrogens is 639 g/mol. The predicted molar refractivity (Wildman–Crippen MR) is 186 cm³/mol. The number of amides is 2. The molecule has 9 nitrogen and oxygen atoms in total. The first-order chi connectivity index (χ1) is 22.1. The van der Waals surface area contributed by atoms with Gasteiger partial charge in [0.15, 0.2) is 0 Å². The summed E-state index contributed by atoms with van der Waals surface area (Å²) in [5.41, 5.74) is 1.14. The summed E-state index contributed by atoms with van der Waals surface area (Å²) < 4.78 is 10.8. The summed E-state index contributed by atoms with van der Waals surface area (Å²) >= 11 is 11.5. The van der Waals surface area contributed by atoms with Crippen LogP contribution in [0.15, 0.2) is 48.5 Å².